The van der Waals surface area contributed by atoms with E-state index in [2.05, 4.69) is 36.4 Å². The van der Waals surface area contributed by atoms with Crippen LogP contribution >= 0.6 is 0 Å². The van der Waals surface area contributed by atoms with Gasteiger partial charge in [-0.3, -0.25) is 0 Å². The molecule has 0 saturated carbocycles. The Hall–Kier alpha value is -2.24. The second-order valence-corrected chi connectivity index (χ2v) is 6.03. The zero-order chi connectivity index (χ0) is 14.8. The first kappa shape index (κ1) is 13.4. The minimum absolute atomic E-state index is 0.466. The molecule has 1 saturated heterocycles. The molecule has 114 valence electrons. The van der Waals surface area contributed by atoms with Crippen LogP contribution in [0.5, 0.6) is 0 Å². The summed E-state index contributed by atoms with van der Waals surface area (Å²) in [6.45, 7) is 2.02. The predicted octanol–water partition coefficient (Wildman–Crippen LogP) is 1.84. The van der Waals surface area contributed by atoms with Gasteiger partial charge in [0.25, 0.3) is 0 Å². The van der Waals surface area contributed by atoms with E-state index in [4.69, 9.17) is 0 Å². The van der Waals surface area contributed by atoms with E-state index >= 15 is 0 Å². The molecule has 1 aliphatic carbocycles. The molecular weight excluding hydrogens is 276 g/mol. The number of piperidine rings is 1. The second-order valence-electron chi connectivity index (χ2n) is 6.03. The average Bonchev–Trinajstić information content (AvgIpc) is 3.04. The molecule has 6 nitrogen and oxygen atoms in total. The van der Waals surface area contributed by atoms with E-state index in [0.29, 0.717) is 6.04 Å². The SMILES string of the molecule is c1cc(NC2CCN(c3cc4c(nn3)CCC4)CC2)ncn1. The van der Waals surface area contributed by atoms with Crippen molar-refractivity contribution in [3.63, 3.8) is 0 Å². The zero-order valence-electron chi connectivity index (χ0n) is 12.6. The van der Waals surface area contributed by atoms with E-state index in [9.17, 15) is 0 Å². The van der Waals surface area contributed by atoms with Crippen LogP contribution < -0.4 is 10.2 Å². The molecule has 0 spiro atoms. The average molecular weight is 296 g/mol. The van der Waals surface area contributed by atoms with E-state index in [-0.39, 0.29) is 0 Å². The van der Waals surface area contributed by atoms with Gasteiger partial charge in [-0.2, -0.15) is 5.10 Å². The van der Waals surface area contributed by atoms with Crippen LogP contribution in [0.15, 0.2) is 24.7 Å². The quantitative estimate of drug-likeness (QED) is 0.932. The van der Waals surface area contributed by atoms with Crippen LogP contribution in [0.4, 0.5) is 11.6 Å². The number of rotatable bonds is 3. The summed E-state index contributed by atoms with van der Waals surface area (Å²) in [7, 11) is 0. The molecule has 0 unspecified atom stereocenters. The molecule has 3 heterocycles. The molecule has 22 heavy (non-hydrogen) atoms. The third-order valence-electron chi connectivity index (χ3n) is 4.56. The summed E-state index contributed by atoms with van der Waals surface area (Å²) in [6, 6.07) is 4.62. The van der Waals surface area contributed by atoms with Gasteiger partial charge < -0.3 is 10.2 Å². The Morgan fingerprint density at radius 1 is 1.14 bits per heavy atom. The van der Waals surface area contributed by atoms with Crippen molar-refractivity contribution in [2.24, 2.45) is 0 Å². The van der Waals surface area contributed by atoms with Gasteiger partial charge in [-0.1, -0.05) is 0 Å². The lowest BCUT2D eigenvalue weighted by atomic mass is 10.0. The third kappa shape index (κ3) is 2.73. The van der Waals surface area contributed by atoms with E-state index < -0.39 is 0 Å². The zero-order valence-corrected chi connectivity index (χ0v) is 12.6. The van der Waals surface area contributed by atoms with E-state index in [1.807, 2.05) is 6.07 Å². The summed E-state index contributed by atoms with van der Waals surface area (Å²) in [5.74, 6) is 1.95. The molecule has 0 bridgehead atoms. The molecule has 1 aliphatic heterocycles. The Morgan fingerprint density at radius 3 is 2.86 bits per heavy atom. The Morgan fingerprint density at radius 2 is 2.05 bits per heavy atom. The second kappa shape index (κ2) is 5.87. The first-order valence-electron chi connectivity index (χ1n) is 8.01. The number of nitrogens with one attached hydrogen (secondary N) is 1. The lowest BCUT2D eigenvalue weighted by Gasteiger charge is -2.33. The minimum Gasteiger partial charge on any atom is -0.367 e. The van der Waals surface area contributed by atoms with E-state index in [0.717, 1.165) is 50.4 Å². The van der Waals surface area contributed by atoms with Gasteiger partial charge in [-0.25, -0.2) is 9.97 Å². The summed E-state index contributed by atoms with van der Waals surface area (Å²) in [4.78, 5) is 10.5. The van der Waals surface area contributed by atoms with Crippen LogP contribution in [0.25, 0.3) is 0 Å². The highest BCUT2D eigenvalue weighted by molar-refractivity contribution is 5.43. The maximum absolute atomic E-state index is 4.42. The Kier molecular flexibility index (Phi) is 3.58. The first-order chi connectivity index (χ1) is 10.9. The number of hydrogen-bond acceptors (Lipinski definition) is 6. The lowest BCUT2D eigenvalue weighted by Crippen LogP contribution is -2.39. The highest BCUT2D eigenvalue weighted by atomic mass is 15.3. The number of aromatic nitrogens is 4. The molecule has 0 aromatic carbocycles. The maximum Gasteiger partial charge on any atom is 0.151 e. The van der Waals surface area contributed by atoms with Crippen molar-refractivity contribution in [2.75, 3.05) is 23.3 Å². The fourth-order valence-corrected chi connectivity index (χ4v) is 3.31. The summed E-state index contributed by atoms with van der Waals surface area (Å²) in [6.07, 6.45) is 8.99. The van der Waals surface area contributed by atoms with Crippen molar-refractivity contribution in [3.05, 3.63) is 35.9 Å². The number of anilines is 2. The van der Waals surface area contributed by atoms with Crippen LogP contribution in [-0.2, 0) is 12.8 Å². The first-order valence-corrected chi connectivity index (χ1v) is 8.01. The molecule has 0 atom stereocenters. The monoisotopic (exact) mass is 296 g/mol. The number of hydrogen-bond donors (Lipinski definition) is 1. The van der Waals surface area contributed by atoms with Gasteiger partial charge in [0.2, 0.25) is 0 Å². The summed E-state index contributed by atoms with van der Waals surface area (Å²) in [5, 5.41) is 12.3. The van der Waals surface area contributed by atoms with Crippen molar-refractivity contribution in [3.8, 4) is 0 Å². The van der Waals surface area contributed by atoms with Gasteiger partial charge >= 0.3 is 0 Å². The summed E-state index contributed by atoms with van der Waals surface area (Å²) in [5.41, 5.74) is 2.59. The van der Waals surface area contributed by atoms with Gasteiger partial charge in [-0.15, -0.1) is 5.10 Å². The fourth-order valence-electron chi connectivity index (χ4n) is 3.31. The molecule has 2 aliphatic rings. The number of aryl methyl sites for hydroxylation is 2. The molecule has 2 aromatic rings. The molecule has 0 radical (unpaired) electrons. The Labute approximate surface area is 130 Å². The molecular formula is C16H20N6. The van der Waals surface area contributed by atoms with E-state index in [1.165, 1.54) is 17.7 Å². The van der Waals surface area contributed by atoms with Gasteiger partial charge in [0, 0.05) is 25.3 Å². The van der Waals surface area contributed by atoms with Crippen molar-refractivity contribution < 1.29 is 0 Å². The van der Waals surface area contributed by atoms with Crippen molar-refractivity contribution in [2.45, 2.75) is 38.1 Å². The third-order valence-corrected chi connectivity index (χ3v) is 4.56. The van der Waals surface area contributed by atoms with Crippen LogP contribution in [0.2, 0.25) is 0 Å². The normalized spacial score (nSPS) is 18.3. The smallest absolute Gasteiger partial charge is 0.151 e. The van der Waals surface area contributed by atoms with E-state index in [1.54, 1.807) is 12.5 Å². The standard InChI is InChI=1S/C16H20N6/c1-2-12-10-16(21-20-14(12)3-1)22-8-5-13(6-9-22)19-15-4-7-17-11-18-15/h4,7,10-11,13H,1-3,5-6,8-9H2,(H,17,18,19). The number of fused-ring (bicyclic) bond motifs is 1. The van der Waals surface area contributed by atoms with Crippen LogP contribution in [-0.4, -0.2) is 39.3 Å². The molecule has 1 N–H and O–H groups in total. The van der Waals surface area contributed by atoms with Gasteiger partial charge in [-0.05, 0) is 49.8 Å². The van der Waals surface area contributed by atoms with Gasteiger partial charge in [0.1, 0.15) is 12.1 Å². The van der Waals surface area contributed by atoms with Crippen LogP contribution in [0.3, 0.4) is 0 Å². The maximum atomic E-state index is 4.42. The molecule has 6 heteroatoms. The predicted molar refractivity (Wildman–Crippen MR) is 84.9 cm³/mol. The molecule has 2 aromatic heterocycles. The van der Waals surface area contributed by atoms with Crippen molar-refractivity contribution in [1.29, 1.82) is 0 Å². The summed E-state index contributed by atoms with van der Waals surface area (Å²) < 4.78 is 0. The highest BCUT2D eigenvalue weighted by Crippen LogP contribution is 2.25. The molecule has 4 rings (SSSR count). The Balaban J connectivity index is 1.37. The highest BCUT2D eigenvalue weighted by Gasteiger charge is 2.22. The van der Waals surface area contributed by atoms with Crippen LogP contribution in [0, 0.1) is 0 Å². The topological polar surface area (TPSA) is 66.8 Å². The molecule has 1 fully saturated rings. The van der Waals surface area contributed by atoms with Crippen molar-refractivity contribution >= 4 is 11.6 Å². The Bertz CT molecular complexity index is 636. The van der Waals surface area contributed by atoms with Gasteiger partial charge in [0.05, 0.1) is 5.69 Å². The van der Waals surface area contributed by atoms with Crippen molar-refractivity contribution in [1.82, 2.24) is 20.2 Å². The molecule has 0 amide bonds. The number of nitrogens with zero attached hydrogens (tertiary/aromatic N) is 5. The van der Waals surface area contributed by atoms with Crippen LogP contribution in [0.1, 0.15) is 30.5 Å². The lowest BCUT2D eigenvalue weighted by molar-refractivity contribution is 0.520. The minimum atomic E-state index is 0.466. The summed E-state index contributed by atoms with van der Waals surface area (Å²) >= 11 is 0. The van der Waals surface area contributed by atoms with Gasteiger partial charge in [0.15, 0.2) is 5.82 Å². The fraction of sp³-hybridized carbons (Fsp3) is 0.500. The largest absolute Gasteiger partial charge is 0.367 e.